The fraction of sp³-hybridized carbons (Fsp3) is 0.364. The highest BCUT2D eigenvalue weighted by Crippen LogP contribution is 2.34. The lowest BCUT2D eigenvalue weighted by Gasteiger charge is -2.18. The van der Waals surface area contributed by atoms with Gasteiger partial charge in [0.05, 0.1) is 7.11 Å². The van der Waals surface area contributed by atoms with Crippen molar-refractivity contribution in [1.29, 1.82) is 0 Å². The molecule has 1 aliphatic rings. The molecule has 2 N–H and O–H groups in total. The molecule has 0 saturated heterocycles. The highest BCUT2D eigenvalue weighted by molar-refractivity contribution is 5.86. The van der Waals surface area contributed by atoms with Gasteiger partial charge in [-0.25, -0.2) is 4.79 Å². The summed E-state index contributed by atoms with van der Waals surface area (Å²) < 4.78 is 5.08. The maximum absolute atomic E-state index is 11.1. The van der Waals surface area contributed by atoms with Gasteiger partial charge in [0, 0.05) is 18.2 Å². The molecule has 80 valence electrons. The predicted octanol–water partition coefficient (Wildman–Crippen LogP) is 1.51. The zero-order valence-electron chi connectivity index (χ0n) is 8.70. The number of rotatable bonds is 2. The van der Waals surface area contributed by atoms with Crippen LogP contribution in [0.2, 0.25) is 0 Å². The van der Waals surface area contributed by atoms with Crippen LogP contribution >= 0.6 is 0 Å². The Morgan fingerprint density at radius 2 is 2.33 bits per heavy atom. The largest absolute Gasteiger partial charge is 0.497 e. The molecule has 0 aliphatic carbocycles. The van der Waals surface area contributed by atoms with E-state index in [9.17, 15) is 4.79 Å². The summed E-state index contributed by atoms with van der Waals surface area (Å²) >= 11 is 0. The van der Waals surface area contributed by atoms with Crippen LogP contribution in [0.1, 0.15) is 12.5 Å². The lowest BCUT2D eigenvalue weighted by molar-refractivity contribution is -0.141. The van der Waals surface area contributed by atoms with Crippen molar-refractivity contribution in [3.05, 3.63) is 23.8 Å². The van der Waals surface area contributed by atoms with Crippen LogP contribution in [0.4, 0.5) is 5.69 Å². The molecule has 0 bridgehead atoms. The highest BCUT2D eigenvalue weighted by atomic mass is 16.5. The number of carbonyl (C=O) groups is 1. The van der Waals surface area contributed by atoms with E-state index in [1.165, 1.54) is 0 Å². The number of ether oxygens (including phenoxy) is 1. The van der Waals surface area contributed by atoms with Gasteiger partial charge in [0.25, 0.3) is 0 Å². The van der Waals surface area contributed by atoms with E-state index < -0.39 is 11.5 Å². The summed E-state index contributed by atoms with van der Waals surface area (Å²) in [6, 6.07) is 5.56. The second kappa shape index (κ2) is 3.15. The van der Waals surface area contributed by atoms with E-state index in [4.69, 9.17) is 9.84 Å². The number of carboxylic acids is 1. The molecular weight excluding hydrogens is 194 g/mol. The van der Waals surface area contributed by atoms with Crippen LogP contribution in [0.15, 0.2) is 18.2 Å². The first-order chi connectivity index (χ1) is 7.05. The molecule has 1 aromatic rings. The van der Waals surface area contributed by atoms with Crippen molar-refractivity contribution in [3.63, 3.8) is 0 Å². The van der Waals surface area contributed by atoms with Gasteiger partial charge in [-0.1, -0.05) is 6.07 Å². The first-order valence-corrected chi connectivity index (χ1v) is 4.74. The Bertz CT molecular complexity index is 416. The number of anilines is 1. The zero-order chi connectivity index (χ0) is 11.1. The second-order valence-corrected chi connectivity index (χ2v) is 3.96. The van der Waals surface area contributed by atoms with Crippen LogP contribution in [0.3, 0.4) is 0 Å². The zero-order valence-corrected chi connectivity index (χ0v) is 8.70. The van der Waals surface area contributed by atoms with Crippen molar-refractivity contribution in [2.75, 3.05) is 12.4 Å². The smallest absolute Gasteiger partial charge is 0.329 e. The summed E-state index contributed by atoms with van der Waals surface area (Å²) in [5.41, 5.74) is 0.967. The number of aliphatic carboxylic acids is 1. The van der Waals surface area contributed by atoms with E-state index in [0.29, 0.717) is 6.42 Å². The Morgan fingerprint density at radius 1 is 1.60 bits per heavy atom. The summed E-state index contributed by atoms with van der Waals surface area (Å²) in [7, 11) is 1.59. The van der Waals surface area contributed by atoms with Gasteiger partial charge >= 0.3 is 5.97 Å². The predicted molar refractivity (Wildman–Crippen MR) is 56.4 cm³/mol. The van der Waals surface area contributed by atoms with E-state index in [0.717, 1.165) is 17.0 Å². The first-order valence-electron chi connectivity index (χ1n) is 4.74. The summed E-state index contributed by atoms with van der Waals surface area (Å²) in [5.74, 6) is -0.103. The van der Waals surface area contributed by atoms with E-state index in [1.54, 1.807) is 14.0 Å². The van der Waals surface area contributed by atoms with Gasteiger partial charge in [-0.05, 0) is 18.6 Å². The maximum atomic E-state index is 11.1. The average Bonchev–Trinajstić information content (AvgIpc) is 2.54. The summed E-state index contributed by atoms with van der Waals surface area (Å²) in [5, 5.41) is 12.1. The molecule has 0 fully saturated rings. The SMILES string of the molecule is COc1ccc2c(c1)NC(C)(C(=O)O)C2. The minimum Gasteiger partial charge on any atom is -0.497 e. The Kier molecular flexibility index (Phi) is 2.07. The van der Waals surface area contributed by atoms with Gasteiger partial charge in [-0.3, -0.25) is 0 Å². The van der Waals surface area contributed by atoms with Crippen molar-refractivity contribution in [2.24, 2.45) is 0 Å². The van der Waals surface area contributed by atoms with Gasteiger partial charge in [0.2, 0.25) is 0 Å². The topological polar surface area (TPSA) is 58.6 Å². The number of hydrogen-bond donors (Lipinski definition) is 2. The van der Waals surface area contributed by atoms with Crippen molar-refractivity contribution < 1.29 is 14.6 Å². The molecule has 0 amide bonds. The fourth-order valence-corrected chi connectivity index (χ4v) is 1.80. The number of nitrogens with one attached hydrogen (secondary N) is 1. The molecule has 0 spiro atoms. The molecule has 1 atom stereocenters. The standard InChI is InChI=1S/C11H13NO3/c1-11(10(13)14)6-7-3-4-8(15-2)5-9(7)12-11/h3-5,12H,6H2,1-2H3,(H,13,14). The Hall–Kier alpha value is -1.71. The molecule has 1 aromatic carbocycles. The fourth-order valence-electron chi connectivity index (χ4n) is 1.80. The molecule has 1 heterocycles. The molecule has 2 rings (SSSR count). The van der Waals surface area contributed by atoms with Crippen LogP contribution in [-0.2, 0) is 11.2 Å². The van der Waals surface area contributed by atoms with E-state index in [1.807, 2.05) is 18.2 Å². The third-order valence-electron chi connectivity index (χ3n) is 2.74. The summed E-state index contributed by atoms with van der Waals surface area (Å²) in [6.07, 6.45) is 0.502. The molecule has 4 heteroatoms. The second-order valence-electron chi connectivity index (χ2n) is 3.96. The number of fused-ring (bicyclic) bond motifs is 1. The molecule has 1 aliphatic heterocycles. The van der Waals surface area contributed by atoms with Crippen LogP contribution in [0.25, 0.3) is 0 Å². The molecule has 4 nitrogen and oxygen atoms in total. The Labute approximate surface area is 87.9 Å². The molecular formula is C11H13NO3. The third kappa shape index (κ3) is 1.52. The summed E-state index contributed by atoms with van der Waals surface area (Å²) in [4.78, 5) is 11.1. The number of methoxy groups -OCH3 is 1. The third-order valence-corrected chi connectivity index (χ3v) is 2.74. The lowest BCUT2D eigenvalue weighted by Crippen LogP contribution is -2.41. The quantitative estimate of drug-likeness (QED) is 0.771. The van der Waals surface area contributed by atoms with Crippen molar-refractivity contribution in [1.82, 2.24) is 0 Å². The molecule has 0 aromatic heterocycles. The lowest BCUT2D eigenvalue weighted by atomic mass is 9.98. The van der Waals surface area contributed by atoms with Gasteiger partial charge in [-0.15, -0.1) is 0 Å². The van der Waals surface area contributed by atoms with Crippen LogP contribution in [-0.4, -0.2) is 23.7 Å². The van der Waals surface area contributed by atoms with Gasteiger partial charge in [0.15, 0.2) is 0 Å². The van der Waals surface area contributed by atoms with Crippen molar-refractivity contribution >= 4 is 11.7 Å². The van der Waals surface area contributed by atoms with Gasteiger partial charge in [0.1, 0.15) is 11.3 Å². The molecule has 0 saturated carbocycles. The Balaban J connectivity index is 2.35. The monoisotopic (exact) mass is 207 g/mol. The molecule has 0 radical (unpaired) electrons. The number of benzene rings is 1. The minimum absolute atomic E-state index is 0.502. The van der Waals surface area contributed by atoms with Crippen LogP contribution in [0.5, 0.6) is 5.75 Å². The average molecular weight is 207 g/mol. The van der Waals surface area contributed by atoms with Crippen molar-refractivity contribution in [2.45, 2.75) is 18.9 Å². The minimum atomic E-state index is -0.894. The number of carboxylic acid groups (broad SMARTS) is 1. The molecule has 15 heavy (non-hydrogen) atoms. The molecule has 1 unspecified atom stereocenters. The maximum Gasteiger partial charge on any atom is 0.329 e. The van der Waals surface area contributed by atoms with E-state index >= 15 is 0 Å². The van der Waals surface area contributed by atoms with E-state index in [2.05, 4.69) is 5.32 Å². The van der Waals surface area contributed by atoms with Crippen LogP contribution < -0.4 is 10.1 Å². The van der Waals surface area contributed by atoms with E-state index in [-0.39, 0.29) is 0 Å². The van der Waals surface area contributed by atoms with Crippen LogP contribution in [0, 0.1) is 0 Å². The van der Waals surface area contributed by atoms with Gasteiger partial charge in [-0.2, -0.15) is 0 Å². The first kappa shape index (κ1) is 9.83. The normalized spacial score (nSPS) is 23.1. The van der Waals surface area contributed by atoms with Gasteiger partial charge < -0.3 is 15.2 Å². The van der Waals surface area contributed by atoms with Crippen molar-refractivity contribution in [3.8, 4) is 5.75 Å². The Morgan fingerprint density at radius 3 is 2.93 bits per heavy atom. The summed E-state index contributed by atoms with van der Waals surface area (Å²) in [6.45, 7) is 1.68. The highest BCUT2D eigenvalue weighted by Gasteiger charge is 2.39. The number of hydrogen-bond acceptors (Lipinski definition) is 3.